The van der Waals surface area contributed by atoms with Crippen LogP contribution in [0.1, 0.15) is 34.1 Å². The van der Waals surface area contributed by atoms with Gasteiger partial charge >= 0.3 is 0 Å². The standard InChI is InChI=1S/C20H29N3O3S/c1-19(2)13-18(20(3,4)23(19)24)21-27(25,26)17-12-8-9-14-15(17)10-7-11-16(14)22(5)6/h7-12,18,21,24H,13H2,1-6H3/t18-/m1/s1. The van der Waals surface area contributed by atoms with Crippen molar-refractivity contribution in [2.75, 3.05) is 19.0 Å². The van der Waals surface area contributed by atoms with E-state index >= 15 is 0 Å². The van der Waals surface area contributed by atoms with Gasteiger partial charge in [0.25, 0.3) is 0 Å². The number of hydrogen-bond acceptors (Lipinski definition) is 5. The van der Waals surface area contributed by atoms with Gasteiger partial charge in [-0.05, 0) is 46.2 Å². The maximum Gasteiger partial charge on any atom is 0.241 e. The lowest BCUT2D eigenvalue weighted by atomic mass is 9.95. The molecule has 0 spiro atoms. The van der Waals surface area contributed by atoms with Crippen LogP contribution in [0.25, 0.3) is 10.8 Å². The van der Waals surface area contributed by atoms with Gasteiger partial charge in [0.2, 0.25) is 10.0 Å². The Hall–Kier alpha value is -1.67. The van der Waals surface area contributed by atoms with E-state index < -0.39 is 27.1 Å². The summed E-state index contributed by atoms with van der Waals surface area (Å²) >= 11 is 0. The lowest BCUT2D eigenvalue weighted by molar-refractivity contribution is -0.193. The van der Waals surface area contributed by atoms with Crippen LogP contribution < -0.4 is 9.62 Å². The zero-order chi connectivity index (χ0) is 20.2. The van der Waals surface area contributed by atoms with Gasteiger partial charge in [-0.1, -0.05) is 24.3 Å². The first-order valence-corrected chi connectivity index (χ1v) is 10.6. The minimum absolute atomic E-state index is 0.258. The molecular formula is C20H29N3O3S. The Morgan fingerprint density at radius 1 is 1.07 bits per heavy atom. The van der Waals surface area contributed by atoms with E-state index in [4.69, 9.17) is 0 Å². The largest absolute Gasteiger partial charge is 0.377 e. The molecule has 1 atom stereocenters. The number of nitrogens with zero attached hydrogens (tertiary/aromatic N) is 2. The van der Waals surface area contributed by atoms with Gasteiger partial charge in [-0.25, -0.2) is 13.1 Å². The van der Waals surface area contributed by atoms with Crippen molar-refractivity contribution in [1.29, 1.82) is 0 Å². The average molecular weight is 392 g/mol. The minimum Gasteiger partial charge on any atom is -0.377 e. The normalized spacial score (nSPS) is 22.3. The summed E-state index contributed by atoms with van der Waals surface area (Å²) in [5.74, 6) is 0. The van der Waals surface area contributed by atoms with Crippen molar-refractivity contribution in [2.45, 2.75) is 56.1 Å². The first-order valence-electron chi connectivity index (χ1n) is 9.08. The summed E-state index contributed by atoms with van der Waals surface area (Å²) in [6.45, 7) is 7.51. The van der Waals surface area contributed by atoms with Gasteiger partial charge in [-0.3, -0.25) is 0 Å². The van der Waals surface area contributed by atoms with Crippen molar-refractivity contribution < 1.29 is 13.6 Å². The van der Waals surface area contributed by atoms with Gasteiger partial charge < -0.3 is 10.1 Å². The molecule has 6 nitrogen and oxygen atoms in total. The Morgan fingerprint density at radius 2 is 1.67 bits per heavy atom. The molecule has 0 unspecified atom stereocenters. The van der Waals surface area contributed by atoms with Crippen molar-refractivity contribution in [3.8, 4) is 0 Å². The van der Waals surface area contributed by atoms with Crippen LogP contribution >= 0.6 is 0 Å². The quantitative estimate of drug-likeness (QED) is 0.837. The van der Waals surface area contributed by atoms with E-state index in [9.17, 15) is 13.6 Å². The minimum atomic E-state index is -3.76. The molecule has 1 fully saturated rings. The molecule has 0 radical (unpaired) electrons. The highest BCUT2D eigenvalue weighted by molar-refractivity contribution is 7.89. The van der Waals surface area contributed by atoms with Gasteiger partial charge in [0.05, 0.1) is 10.4 Å². The number of fused-ring (bicyclic) bond motifs is 1. The molecule has 1 saturated heterocycles. The van der Waals surface area contributed by atoms with E-state index in [1.54, 1.807) is 12.1 Å². The molecule has 1 aliphatic rings. The van der Waals surface area contributed by atoms with E-state index in [1.807, 2.05) is 71.0 Å². The lowest BCUT2D eigenvalue weighted by Crippen LogP contribution is -2.53. The molecular weight excluding hydrogens is 362 g/mol. The summed E-state index contributed by atoms with van der Waals surface area (Å²) in [6.07, 6.45) is 0.517. The molecule has 0 bridgehead atoms. The molecule has 0 aliphatic carbocycles. The van der Waals surface area contributed by atoms with Crippen molar-refractivity contribution in [3.63, 3.8) is 0 Å². The molecule has 2 aromatic rings. The molecule has 7 heteroatoms. The Morgan fingerprint density at radius 3 is 2.22 bits per heavy atom. The van der Waals surface area contributed by atoms with Gasteiger partial charge in [0.1, 0.15) is 0 Å². The average Bonchev–Trinajstić information content (AvgIpc) is 2.72. The van der Waals surface area contributed by atoms with E-state index in [0.717, 1.165) is 11.1 Å². The van der Waals surface area contributed by atoms with Gasteiger partial charge in [-0.15, -0.1) is 0 Å². The van der Waals surface area contributed by atoms with E-state index in [0.29, 0.717) is 11.8 Å². The summed E-state index contributed by atoms with van der Waals surface area (Å²) in [7, 11) is 0.112. The lowest BCUT2D eigenvalue weighted by Gasteiger charge is -2.35. The number of hydroxylamine groups is 2. The molecule has 2 aromatic carbocycles. The monoisotopic (exact) mass is 391 g/mol. The fourth-order valence-electron chi connectivity index (χ4n) is 4.09. The van der Waals surface area contributed by atoms with Crippen LogP contribution in [0.15, 0.2) is 41.3 Å². The zero-order valence-corrected chi connectivity index (χ0v) is 17.6. The third-order valence-corrected chi connectivity index (χ3v) is 7.13. The fourth-order valence-corrected chi connectivity index (χ4v) is 5.69. The summed E-state index contributed by atoms with van der Waals surface area (Å²) < 4.78 is 29.4. The molecule has 3 rings (SSSR count). The second-order valence-electron chi connectivity index (χ2n) is 8.68. The number of anilines is 1. The molecule has 1 heterocycles. The van der Waals surface area contributed by atoms with Crippen LogP contribution in [0.2, 0.25) is 0 Å². The van der Waals surface area contributed by atoms with Crippen LogP contribution in [0.3, 0.4) is 0 Å². The smallest absolute Gasteiger partial charge is 0.241 e. The first kappa shape index (κ1) is 20.1. The number of rotatable bonds is 4. The predicted octanol–water partition coefficient (Wildman–Crippen LogP) is 3.20. The maximum atomic E-state index is 13.3. The third kappa shape index (κ3) is 3.33. The molecule has 27 heavy (non-hydrogen) atoms. The van der Waals surface area contributed by atoms with Gasteiger partial charge in [-0.2, -0.15) is 5.06 Å². The van der Waals surface area contributed by atoms with Crippen LogP contribution in [-0.2, 0) is 10.0 Å². The molecule has 0 aromatic heterocycles. The van der Waals surface area contributed by atoms with Crippen molar-refractivity contribution >= 4 is 26.5 Å². The molecule has 148 valence electrons. The van der Waals surface area contributed by atoms with Crippen LogP contribution in [0.5, 0.6) is 0 Å². The number of hydrogen-bond donors (Lipinski definition) is 2. The van der Waals surface area contributed by atoms with Crippen molar-refractivity contribution in [2.24, 2.45) is 0 Å². The first-order chi connectivity index (χ1) is 12.4. The van der Waals surface area contributed by atoms with Crippen LogP contribution in [0, 0.1) is 0 Å². The van der Waals surface area contributed by atoms with Crippen molar-refractivity contribution in [3.05, 3.63) is 36.4 Å². The highest BCUT2D eigenvalue weighted by Crippen LogP contribution is 2.40. The van der Waals surface area contributed by atoms with Crippen LogP contribution in [0.4, 0.5) is 5.69 Å². The Kier molecular flexibility index (Phi) is 4.79. The SMILES string of the molecule is CN(C)c1cccc2c(S(=O)(=O)N[C@@H]3CC(C)(C)N(O)C3(C)C)cccc12. The van der Waals surface area contributed by atoms with Gasteiger partial charge in [0, 0.05) is 42.1 Å². The third-order valence-electron chi connectivity index (χ3n) is 5.60. The summed E-state index contributed by atoms with van der Waals surface area (Å²) in [4.78, 5) is 2.23. The molecule has 2 N–H and O–H groups in total. The Labute approximate surface area is 161 Å². The summed E-state index contributed by atoms with van der Waals surface area (Å²) in [5.41, 5.74) is -0.253. The topological polar surface area (TPSA) is 72.9 Å². The summed E-state index contributed by atoms with van der Waals surface area (Å²) in [6, 6.07) is 10.6. The second-order valence-corrected chi connectivity index (χ2v) is 10.4. The second kappa shape index (κ2) is 6.44. The molecule has 1 aliphatic heterocycles. The number of benzene rings is 2. The maximum absolute atomic E-state index is 13.3. The number of sulfonamides is 1. The number of nitrogens with one attached hydrogen (secondary N) is 1. The van der Waals surface area contributed by atoms with Crippen LogP contribution in [-0.4, -0.2) is 49.9 Å². The van der Waals surface area contributed by atoms with Crippen molar-refractivity contribution in [1.82, 2.24) is 9.79 Å². The molecule has 0 saturated carbocycles. The Balaban J connectivity index is 2.05. The van der Waals surface area contributed by atoms with E-state index in [1.165, 1.54) is 5.06 Å². The molecule has 0 amide bonds. The predicted molar refractivity (Wildman–Crippen MR) is 109 cm³/mol. The van der Waals surface area contributed by atoms with E-state index in [-0.39, 0.29) is 4.90 Å². The summed E-state index contributed by atoms with van der Waals surface area (Å²) in [5, 5.41) is 13.3. The van der Waals surface area contributed by atoms with E-state index in [2.05, 4.69) is 4.72 Å². The zero-order valence-electron chi connectivity index (χ0n) is 16.8. The fraction of sp³-hybridized carbons (Fsp3) is 0.500. The highest BCUT2D eigenvalue weighted by atomic mass is 32.2. The van der Waals surface area contributed by atoms with Gasteiger partial charge in [0.15, 0.2) is 0 Å². The Bertz CT molecular complexity index is 968. The highest BCUT2D eigenvalue weighted by Gasteiger charge is 2.52.